The Hall–Kier alpha value is -4.20. The zero-order valence-corrected chi connectivity index (χ0v) is 18.8. The summed E-state index contributed by atoms with van der Waals surface area (Å²) in [4.78, 5) is 21.5. The molecule has 0 radical (unpaired) electrons. The Morgan fingerprint density at radius 1 is 0.912 bits per heavy atom. The smallest absolute Gasteiger partial charge is 0.274 e. The van der Waals surface area contributed by atoms with Gasteiger partial charge in [0.2, 0.25) is 0 Å². The van der Waals surface area contributed by atoms with Gasteiger partial charge in [-0.25, -0.2) is 9.07 Å². The Morgan fingerprint density at radius 3 is 2.35 bits per heavy atom. The van der Waals surface area contributed by atoms with Crippen molar-refractivity contribution in [2.45, 2.75) is 0 Å². The first-order valence-corrected chi connectivity index (χ1v) is 11.1. The lowest BCUT2D eigenvalue weighted by atomic mass is 10.1. The Morgan fingerprint density at radius 2 is 1.65 bits per heavy atom. The van der Waals surface area contributed by atoms with Gasteiger partial charge in [-0.15, -0.1) is 0 Å². The van der Waals surface area contributed by atoms with E-state index in [0.29, 0.717) is 24.5 Å². The first-order chi connectivity index (χ1) is 16.6. The fourth-order valence-electron chi connectivity index (χ4n) is 4.13. The number of carbonyl (C=O) groups excluding carboxylic acids is 1. The van der Waals surface area contributed by atoms with Crippen molar-refractivity contribution >= 4 is 11.6 Å². The summed E-state index contributed by atoms with van der Waals surface area (Å²) in [5, 5.41) is 4.61. The maximum Gasteiger partial charge on any atom is 0.274 e. The molecule has 4 aromatic rings. The van der Waals surface area contributed by atoms with Crippen LogP contribution in [0.3, 0.4) is 0 Å². The highest BCUT2D eigenvalue weighted by molar-refractivity contribution is 5.94. The minimum absolute atomic E-state index is 0.124. The second kappa shape index (κ2) is 9.35. The van der Waals surface area contributed by atoms with Gasteiger partial charge in [0.1, 0.15) is 11.6 Å². The van der Waals surface area contributed by atoms with Crippen LogP contribution in [0.25, 0.3) is 16.9 Å². The molecule has 3 heterocycles. The molecule has 1 fully saturated rings. The number of hydrogen-bond acceptors (Lipinski definition) is 5. The van der Waals surface area contributed by atoms with Gasteiger partial charge in [0.05, 0.1) is 18.5 Å². The molecular weight excluding hydrogens is 433 g/mol. The van der Waals surface area contributed by atoms with Crippen molar-refractivity contribution in [2.24, 2.45) is 0 Å². The summed E-state index contributed by atoms with van der Waals surface area (Å²) in [5.74, 6) is 0.360. The van der Waals surface area contributed by atoms with Gasteiger partial charge in [0, 0.05) is 55.9 Å². The Kier molecular flexibility index (Phi) is 5.95. The Balaban J connectivity index is 1.38. The normalized spacial score (nSPS) is 13.7. The lowest BCUT2D eigenvalue weighted by Crippen LogP contribution is -2.48. The summed E-state index contributed by atoms with van der Waals surface area (Å²) in [7, 11) is 1.65. The van der Waals surface area contributed by atoms with Gasteiger partial charge < -0.3 is 14.5 Å². The number of amides is 1. The van der Waals surface area contributed by atoms with Crippen molar-refractivity contribution in [1.82, 2.24) is 19.7 Å². The van der Waals surface area contributed by atoms with E-state index in [0.717, 1.165) is 35.8 Å². The van der Waals surface area contributed by atoms with Crippen molar-refractivity contribution in [3.63, 3.8) is 0 Å². The molecule has 5 rings (SSSR count). The summed E-state index contributed by atoms with van der Waals surface area (Å²) in [6.45, 7) is 2.61. The van der Waals surface area contributed by atoms with Gasteiger partial charge in [0.15, 0.2) is 5.69 Å². The van der Waals surface area contributed by atoms with E-state index in [1.807, 2.05) is 41.3 Å². The predicted octanol–water partition coefficient (Wildman–Crippen LogP) is 4.04. The third kappa shape index (κ3) is 4.34. The van der Waals surface area contributed by atoms with Crippen LogP contribution in [0.1, 0.15) is 10.5 Å². The van der Waals surface area contributed by atoms with Crippen molar-refractivity contribution < 1.29 is 13.9 Å². The SMILES string of the molecule is COc1cccc(N2CCN(C(=O)c3cc(-c4ccncc4)n(-c4ccc(F)cc4)n3)CC2)c1. The highest BCUT2D eigenvalue weighted by Gasteiger charge is 2.26. The number of halogens is 1. The number of carbonyl (C=O) groups is 1. The van der Waals surface area contributed by atoms with E-state index < -0.39 is 0 Å². The summed E-state index contributed by atoms with van der Waals surface area (Å²) >= 11 is 0. The van der Waals surface area contributed by atoms with E-state index in [1.54, 1.807) is 42.4 Å². The number of rotatable bonds is 5. The van der Waals surface area contributed by atoms with Crippen LogP contribution in [0.2, 0.25) is 0 Å². The number of nitrogens with zero attached hydrogens (tertiary/aromatic N) is 5. The average Bonchev–Trinajstić information content (AvgIpc) is 3.35. The second-order valence-electron chi connectivity index (χ2n) is 8.02. The van der Waals surface area contributed by atoms with Crippen LogP contribution in [-0.4, -0.2) is 58.9 Å². The van der Waals surface area contributed by atoms with E-state index in [4.69, 9.17) is 4.74 Å². The summed E-state index contributed by atoms with van der Waals surface area (Å²) < 4.78 is 20.5. The molecule has 7 nitrogen and oxygen atoms in total. The van der Waals surface area contributed by atoms with Crippen LogP contribution in [0.5, 0.6) is 5.75 Å². The number of ether oxygens (including phenoxy) is 1. The van der Waals surface area contributed by atoms with E-state index in [2.05, 4.69) is 15.0 Å². The minimum Gasteiger partial charge on any atom is -0.497 e. The monoisotopic (exact) mass is 457 g/mol. The fourth-order valence-corrected chi connectivity index (χ4v) is 4.13. The van der Waals surface area contributed by atoms with Gasteiger partial charge in [0.25, 0.3) is 5.91 Å². The first-order valence-electron chi connectivity index (χ1n) is 11.1. The molecule has 0 N–H and O–H groups in total. The number of benzene rings is 2. The number of methoxy groups -OCH3 is 1. The molecule has 0 spiro atoms. The molecule has 172 valence electrons. The largest absolute Gasteiger partial charge is 0.497 e. The molecule has 0 atom stereocenters. The van der Waals surface area contributed by atoms with Crippen LogP contribution >= 0.6 is 0 Å². The van der Waals surface area contributed by atoms with Crippen LogP contribution in [0.4, 0.5) is 10.1 Å². The molecule has 1 aliphatic rings. The average molecular weight is 458 g/mol. The number of pyridine rings is 1. The summed E-state index contributed by atoms with van der Waals surface area (Å²) in [5.41, 5.74) is 3.72. The third-order valence-corrected chi connectivity index (χ3v) is 5.96. The highest BCUT2D eigenvalue weighted by atomic mass is 19.1. The van der Waals surface area contributed by atoms with Gasteiger partial charge in [-0.3, -0.25) is 9.78 Å². The maximum absolute atomic E-state index is 13.5. The number of hydrogen-bond donors (Lipinski definition) is 0. The minimum atomic E-state index is -0.327. The first kappa shape index (κ1) is 21.6. The number of anilines is 1. The molecule has 0 saturated carbocycles. The van der Waals surface area contributed by atoms with Crippen LogP contribution in [-0.2, 0) is 0 Å². The van der Waals surface area contributed by atoms with Crippen molar-refractivity contribution in [2.75, 3.05) is 38.2 Å². The molecule has 8 heteroatoms. The second-order valence-corrected chi connectivity index (χ2v) is 8.02. The predicted molar refractivity (Wildman–Crippen MR) is 128 cm³/mol. The number of piperazine rings is 1. The molecule has 34 heavy (non-hydrogen) atoms. The molecule has 2 aromatic carbocycles. The van der Waals surface area contributed by atoms with E-state index in [-0.39, 0.29) is 11.7 Å². The number of aromatic nitrogens is 3. The fraction of sp³-hybridized carbons (Fsp3) is 0.192. The highest BCUT2D eigenvalue weighted by Crippen LogP contribution is 2.26. The van der Waals surface area contributed by atoms with Gasteiger partial charge in [-0.05, 0) is 54.6 Å². The van der Waals surface area contributed by atoms with Crippen molar-refractivity contribution in [1.29, 1.82) is 0 Å². The molecule has 0 aliphatic carbocycles. The zero-order valence-electron chi connectivity index (χ0n) is 18.8. The molecular formula is C26H24FN5O2. The van der Waals surface area contributed by atoms with Gasteiger partial charge >= 0.3 is 0 Å². The summed E-state index contributed by atoms with van der Waals surface area (Å²) in [6, 6.07) is 19.5. The molecule has 0 unspecified atom stereocenters. The molecule has 1 amide bonds. The quantitative estimate of drug-likeness (QED) is 0.453. The van der Waals surface area contributed by atoms with Crippen LogP contribution < -0.4 is 9.64 Å². The Bertz CT molecular complexity index is 1280. The van der Waals surface area contributed by atoms with Crippen molar-refractivity contribution in [3.8, 4) is 22.7 Å². The topological polar surface area (TPSA) is 63.5 Å². The van der Waals surface area contributed by atoms with E-state index >= 15 is 0 Å². The molecule has 1 saturated heterocycles. The van der Waals surface area contributed by atoms with E-state index in [1.165, 1.54) is 12.1 Å². The van der Waals surface area contributed by atoms with Gasteiger partial charge in [-0.1, -0.05) is 6.07 Å². The molecule has 2 aromatic heterocycles. The zero-order chi connectivity index (χ0) is 23.5. The summed E-state index contributed by atoms with van der Waals surface area (Å²) in [6.07, 6.45) is 3.38. The van der Waals surface area contributed by atoms with Crippen LogP contribution in [0.15, 0.2) is 79.1 Å². The van der Waals surface area contributed by atoms with Gasteiger partial charge in [-0.2, -0.15) is 5.10 Å². The molecule has 0 bridgehead atoms. The van der Waals surface area contributed by atoms with Crippen LogP contribution in [0, 0.1) is 5.82 Å². The van der Waals surface area contributed by atoms with Crippen molar-refractivity contribution in [3.05, 3.63) is 90.6 Å². The van der Waals surface area contributed by atoms with E-state index in [9.17, 15) is 9.18 Å². The standard InChI is InChI=1S/C26H24FN5O2/c1-34-23-4-2-3-22(17-23)30-13-15-31(16-14-30)26(33)24-18-25(19-9-11-28-12-10-19)32(29-24)21-7-5-20(27)6-8-21/h2-12,17-18H,13-16H2,1H3. The molecule has 1 aliphatic heterocycles. The third-order valence-electron chi connectivity index (χ3n) is 5.96. The lowest BCUT2D eigenvalue weighted by molar-refractivity contribution is 0.0740. The Labute approximate surface area is 197 Å². The maximum atomic E-state index is 13.5. The lowest BCUT2D eigenvalue weighted by Gasteiger charge is -2.35.